The van der Waals surface area contributed by atoms with Crippen molar-refractivity contribution in [1.82, 2.24) is 10.3 Å². The van der Waals surface area contributed by atoms with Crippen molar-refractivity contribution in [3.8, 4) is 0 Å². The minimum Gasteiger partial charge on any atom is -0.370 e. The molecule has 6 heteroatoms. The number of nitro groups is 1. The zero-order valence-corrected chi connectivity index (χ0v) is 9.56. The number of hydrogen-bond acceptors (Lipinski definition) is 5. The monoisotopic (exact) mass is 236 g/mol. The van der Waals surface area contributed by atoms with Crippen molar-refractivity contribution in [2.75, 3.05) is 18.4 Å². The van der Waals surface area contributed by atoms with Crippen molar-refractivity contribution in [3.05, 3.63) is 28.4 Å². The predicted octanol–water partition coefficient (Wildman–Crippen LogP) is 1.54. The van der Waals surface area contributed by atoms with Crippen LogP contribution in [0.3, 0.4) is 0 Å². The van der Waals surface area contributed by atoms with Gasteiger partial charge in [0.1, 0.15) is 5.82 Å². The average molecular weight is 236 g/mol. The lowest BCUT2D eigenvalue weighted by Gasteiger charge is -2.10. The molecule has 1 aromatic rings. The first-order chi connectivity index (χ1) is 8.25. The van der Waals surface area contributed by atoms with Crippen molar-refractivity contribution < 1.29 is 4.92 Å². The summed E-state index contributed by atoms with van der Waals surface area (Å²) in [5, 5.41) is 17.1. The Hall–Kier alpha value is -1.69. The standard InChI is InChI=1S/C11H16N4O2/c16-15(17)10-4-7-14-11(8-10)13-6-3-9-2-1-5-12-9/h4,7-9,12H,1-3,5-6H2,(H,13,14). The Bertz CT molecular complexity index is 391. The van der Waals surface area contributed by atoms with Crippen molar-refractivity contribution in [2.24, 2.45) is 0 Å². The van der Waals surface area contributed by atoms with Crippen LogP contribution in [0.15, 0.2) is 18.3 Å². The van der Waals surface area contributed by atoms with Gasteiger partial charge in [-0.25, -0.2) is 4.98 Å². The van der Waals surface area contributed by atoms with Crippen LogP contribution in [0.5, 0.6) is 0 Å². The molecule has 1 aliphatic rings. The summed E-state index contributed by atoms with van der Waals surface area (Å²) in [6.45, 7) is 1.88. The molecule has 0 spiro atoms. The predicted molar refractivity (Wildman–Crippen MR) is 65.0 cm³/mol. The lowest BCUT2D eigenvalue weighted by atomic mass is 10.1. The summed E-state index contributed by atoms with van der Waals surface area (Å²) in [7, 11) is 0. The summed E-state index contributed by atoms with van der Waals surface area (Å²) < 4.78 is 0. The van der Waals surface area contributed by atoms with E-state index in [4.69, 9.17) is 0 Å². The molecule has 1 fully saturated rings. The summed E-state index contributed by atoms with van der Waals surface area (Å²) in [6, 6.07) is 3.42. The Balaban J connectivity index is 1.81. The lowest BCUT2D eigenvalue weighted by molar-refractivity contribution is -0.384. The first kappa shape index (κ1) is 11.8. The fourth-order valence-corrected chi connectivity index (χ4v) is 2.01. The van der Waals surface area contributed by atoms with E-state index in [1.807, 2.05) is 0 Å². The molecule has 1 unspecified atom stereocenters. The van der Waals surface area contributed by atoms with Crippen LogP contribution >= 0.6 is 0 Å². The number of pyridine rings is 1. The molecular weight excluding hydrogens is 220 g/mol. The third-order valence-corrected chi connectivity index (χ3v) is 2.92. The topological polar surface area (TPSA) is 80.1 Å². The quantitative estimate of drug-likeness (QED) is 0.598. The highest BCUT2D eigenvalue weighted by molar-refractivity contribution is 5.44. The van der Waals surface area contributed by atoms with Gasteiger partial charge in [0.2, 0.25) is 0 Å². The first-order valence-corrected chi connectivity index (χ1v) is 5.83. The van der Waals surface area contributed by atoms with Crippen LogP contribution in [0.2, 0.25) is 0 Å². The molecule has 2 N–H and O–H groups in total. The van der Waals surface area contributed by atoms with Crippen LogP contribution in [0.1, 0.15) is 19.3 Å². The van der Waals surface area contributed by atoms with E-state index in [1.54, 1.807) is 0 Å². The Morgan fingerprint density at radius 3 is 3.24 bits per heavy atom. The summed E-state index contributed by atoms with van der Waals surface area (Å²) in [4.78, 5) is 14.2. The van der Waals surface area contributed by atoms with Gasteiger partial charge in [0, 0.05) is 24.8 Å². The van der Waals surface area contributed by atoms with Gasteiger partial charge >= 0.3 is 0 Å². The van der Waals surface area contributed by atoms with Crippen LogP contribution in [-0.4, -0.2) is 29.0 Å². The van der Waals surface area contributed by atoms with Gasteiger partial charge in [-0.2, -0.15) is 0 Å². The normalized spacial score (nSPS) is 19.2. The van der Waals surface area contributed by atoms with Crippen molar-refractivity contribution in [3.63, 3.8) is 0 Å². The van der Waals surface area contributed by atoms with Gasteiger partial charge in [-0.1, -0.05) is 0 Å². The van der Waals surface area contributed by atoms with Gasteiger partial charge in [0.25, 0.3) is 5.69 Å². The summed E-state index contributed by atoms with van der Waals surface area (Å²) >= 11 is 0. The van der Waals surface area contributed by atoms with Crippen LogP contribution in [0.4, 0.5) is 11.5 Å². The maximum absolute atomic E-state index is 10.6. The van der Waals surface area contributed by atoms with Crippen LogP contribution < -0.4 is 10.6 Å². The molecule has 0 radical (unpaired) electrons. The minimum atomic E-state index is -0.411. The lowest BCUT2D eigenvalue weighted by Crippen LogP contribution is -2.24. The molecular formula is C11H16N4O2. The van der Waals surface area contributed by atoms with Crippen LogP contribution in [0, 0.1) is 10.1 Å². The molecule has 0 saturated carbocycles. The molecule has 1 atom stereocenters. The van der Waals surface area contributed by atoms with E-state index < -0.39 is 4.92 Å². The molecule has 1 saturated heterocycles. The van der Waals surface area contributed by atoms with Crippen LogP contribution in [-0.2, 0) is 0 Å². The number of nitrogens with zero attached hydrogens (tertiary/aromatic N) is 2. The van der Waals surface area contributed by atoms with Gasteiger partial charge in [0.05, 0.1) is 11.0 Å². The Morgan fingerprint density at radius 1 is 1.65 bits per heavy atom. The maximum atomic E-state index is 10.6. The highest BCUT2D eigenvalue weighted by Gasteiger charge is 2.13. The fraction of sp³-hybridized carbons (Fsp3) is 0.545. The number of rotatable bonds is 5. The zero-order valence-electron chi connectivity index (χ0n) is 9.56. The molecule has 6 nitrogen and oxygen atoms in total. The van der Waals surface area contributed by atoms with Gasteiger partial charge in [-0.3, -0.25) is 10.1 Å². The number of nitrogens with one attached hydrogen (secondary N) is 2. The molecule has 0 aliphatic carbocycles. The Labute approximate surface area is 99.6 Å². The smallest absolute Gasteiger partial charge is 0.274 e. The molecule has 2 rings (SSSR count). The van der Waals surface area contributed by atoms with Crippen LogP contribution in [0.25, 0.3) is 0 Å². The van der Waals surface area contributed by atoms with Gasteiger partial charge in [-0.05, 0) is 25.8 Å². The van der Waals surface area contributed by atoms with Gasteiger partial charge in [-0.15, -0.1) is 0 Å². The van der Waals surface area contributed by atoms with Crippen molar-refractivity contribution in [1.29, 1.82) is 0 Å². The Morgan fingerprint density at radius 2 is 2.53 bits per heavy atom. The summed E-state index contributed by atoms with van der Waals surface area (Å²) in [5.74, 6) is 0.567. The van der Waals surface area contributed by atoms with E-state index in [0.717, 1.165) is 19.5 Å². The van der Waals surface area contributed by atoms with E-state index in [1.165, 1.54) is 31.2 Å². The van der Waals surface area contributed by atoms with E-state index in [-0.39, 0.29) is 5.69 Å². The number of aromatic nitrogens is 1. The molecule has 0 aromatic carbocycles. The second kappa shape index (κ2) is 5.58. The molecule has 92 valence electrons. The average Bonchev–Trinajstić information content (AvgIpc) is 2.82. The third kappa shape index (κ3) is 3.39. The first-order valence-electron chi connectivity index (χ1n) is 5.83. The van der Waals surface area contributed by atoms with Gasteiger partial charge < -0.3 is 10.6 Å². The molecule has 0 bridgehead atoms. The third-order valence-electron chi connectivity index (χ3n) is 2.92. The van der Waals surface area contributed by atoms with Gasteiger partial charge in [0.15, 0.2) is 0 Å². The van der Waals surface area contributed by atoms with E-state index in [0.29, 0.717) is 11.9 Å². The van der Waals surface area contributed by atoms with E-state index >= 15 is 0 Å². The molecule has 2 heterocycles. The number of hydrogen-bond donors (Lipinski definition) is 2. The van der Waals surface area contributed by atoms with Crippen molar-refractivity contribution >= 4 is 11.5 Å². The second-order valence-electron chi connectivity index (χ2n) is 4.17. The molecule has 0 amide bonds. The Kier molecular flexibility index (Phi) is 3.87. The summed E-state index contributed by atoms with van der Waals surface area (Å²) in [5.41, 5.74) is 0.0708. The van der Waals surface area contributed by atoms with E-state index in [2.05, 4.69) is 15.6 Å². The maximum Gasteiger partial charge on any atom is 0.274 e. The van der Waals surface area contributed by atoms with E-state index in [9.17, 15) is 10.1 Å². The summed E-state index contributed by atoms with van der Waals surface area (Å²) in [6.07, 6.45) is 4.92. The minimum absolute atomic E-state index is 0.0708. The number of anilines is 1. The zero-order chi connectivity index (χ0) is 12.1. The molecule has 1 aliphatic heterocycles. The fourth-order valence-electron chi connectivity index (χ4n) is 2.01. The highest BCUT2D eigenvalue weighted by atomic mass is 16.6. The van der Waals surface area contributed by atoms with Crippen molar-refractivity contribution in [2.45, 2.75) is 25.3 Å². The molecule has 17 heavy (non-hydrogen) atoms. The highest BCUT2D eigenvalue weighted by Crippen LogP contribution is 2.14. The SMILES string of the molecule is O=[N+]([O-])c1ccnc(NCCC2CCCN2)c1. The second-order valence-corrected chi connectivity index (χ2v) is 4.17. The molecule has 1 aromatic heterocycles. The largest absolute Gasteiger partial charge is 0.370 e.